The van der Waals surface area contributed by atoms with Gasteiger partial charge in [-0.15, -0.1) is 0 Å². The maximum absolute atomic E-state index is 13.8. The van der Waals surface area contributed by atoms with Crippen LogP contribution in [-0.4, -0.2) is 12.7 Å². The summed E-state index contributed by atoms with van der Waals surface area (Å²) in [6.07, 6.45) is 4.82. The number of halogens is 2. The molecule has 0 bridgehead atoms. The molecule has 3 heteroatoms. The molecule has 1 fully saturated rings. The van der Waals surface area contributed by atoms with E-state index in [0.717, 1.165) is 24.8 Å². The normalized spacial score (nSPS) is 20.4. The lowest BCUT2D eigenvalue weighted by Crippen LogP contribution is -2.06. The summed E-state index contributed by atoms with van der Waals surface area (Å²) in [6.45, 7) is 0.900. The van der Waals surface area contributed by atoms with Crippen molar-refractivity contribution in [3.05, 3.63) is 47.8 Å². The second kappa shape index (κ2) is 6.23. The van der Waals surface area contributed by atoms with Crippen LogP contribution in [-0.2, 0) is 4.74 Å². The summed E-state index contributed by atoms with van der Waals surface area (Å²) in [6, 6.07) is 11.1. The Bertz CT molecular complexity index is 593. The second-order valence-electron chi connectivity index (χ2n) is 5.36. The number of ether oxygens (including phenoxy) is 1. The van der Waals surface area contributed by atoms with Gasteiger partial charge >= 0.3 is 0 Å². The molecular weight excluding hydrogens is 319 g/mol. The lowest BCUT2D eigenvalue weighted by Gasteiger charge is -2.16. The second-order valence-corrected chi connectivity index (χ2v) is 6.47. The van der Waals surface area contributed by atoms with E-state index in [1.165, 1.54) is 18.4 Å². The fourth-order valence-electron chi connectivity index (χ4n) is 2.92. The van der Waals surface area contributed by atoms with Gasteiger partial charge in [0.1, 0.15) is 5.82 Å². The van der Waals surface area contributed by atoms with Gasteiger partial charge in [-0.1, -0.05) is 46.3 Å². The smallest absolute Gasteiger partial charge is 0.131 e. The fourth-order valence-corrected chi connectivity index (χ4v) is 3.58. The van der Waals surface area contributed by atoms with Crippen LogP contribution in [0.1, 0.15) is 36.1 Å². The Morgan fingerprint density at radius 3 is 2.75 bits per heavy atom. The van der Waals surface area contributed by atoms with Crippen LogP contribution in [0.5, 0.6) is 0 Å². The Labute approximate surface area is 127 Å². The largest absolute Gasteiger partial charge is 0.378 e. The van der Waals surface area contributed by atoms with Crippen molar-refractivity contribution in [1.29, 1.82) is 0 Å². The monoisotopic (exact) mass is 336 g/mol. The summed E-state index contributed by atoms with van der Waals surface area (Å²) >= 11 is 3.76. The van der Waals surface area contributed by atoms with Crippen LogP contribution in [0, 0.1) is 5.82 Å². The maximum atomic E-state index is 13.8. The standard InChI is InChI=1S/C17H18BrFO/c18-16(9-7-12-4-3-11-20-12)14-8-10-17(19)15-6-2-1-5-13(14)15/h1-2,5-6,8,10,12,16H,3-4,7,9,11H2. The summed E-state index contributed by atoms with van der Waals surface area (Å²) < 4.78 is 19.5. The highest BCUT2D eigenvalue weighted by Gasteiger charge is 2.19. The summed E-state index contributed by atoms with van der Waals surface area (Å²) in [5.41, 5.74) is 1.17. The minimum Gasteiger partial charge on any atom is -0.378 e. The van der Waals surface area contributed by atoms with Gasteiger partial charge in [0.2, 0.25) is 0 Å². The summed E-state index contributed by atoms with van der Waals surface area (Å²) in [7, 11) is 0. The van der Waals surface area contributed by atoms with Gasteiger partial charge in [0.25, 0.3) is 0 Å². The van der Waals surface area contributed by atoms with E-state index in [1.807, 2.05) is 30.3 Å². The molecule has 0 saturated carbocycles. The molecule has 2 aromatic carbocycles. The lowest BCUT2D eigenvalue weighted by molar-refractivity contribution is 0.102. The first-order valence-corrected chi connectivity index (χ1v) is 8.10. The molecule has 0 aliphatic carbocycles. The minimum atomic E-state index is -0.150. The zero-order chi connectivity index (χ0) is 13.9. The molecule has 2 unspecified atom stereocenters. The Balaban J connectivity index is 1.80. The van der Waals surface area contributed by atoms with Crippen molar-refractivity contribution in [2.24, 2.45) is 0 Å². The number of alkyl halides is 1. The molecule has 20 heavy (non-hydrogen) atoms. The molecule has 0 aromatic heterocycles. The van der Waals surface area contributed by atoms with Gasteiger partial charge in [0.15, 0.2) is 0 Å². The Morgan fingerprint density at radius 1 is 1.20 bits per heavy atom. The van der Waals surface area contributed by atoms with Crippen molar-refractivity contribution >= 4 is 26.7 Å². The van der Waals surface area contributed by atoms with E-state index in [4.69, 9.17) is 4.74 Å². The molecular formula is C17H18BrFO. The van der Waals surface area contributed by atoms with E-state index in [1.54, 1.807) is 6.07 Å². The number of hydrogen-bond donors (Lipinski definition) is 0. The molecule has 106 valence electrons. The third kappa shape index (κ3) is 2.89. The first kappa shape index (κ1) is 14.0. The van der Waals surface area contributed by atoms with E-state index in [9.17, 15) is 4.39 Å². The zero-order valence-corrected chi connectivity index (χ0v) is 12.9. The van der Waals surface area contributed by atoms with Crippen LogP contribution >= 0.6 is 15.9 Å². The highest BCUT2D eigenvalue weighted by Crippen LogP contribution is 2.35. The number of rotatable bonds is 4. The van der Waals surface area contributed by atoms with Crippen molar-refractivity contribution < 1.29 is 9.13 Å². The molecule has 2 aromatic rings. The van der Waals surface area contributed by atoms with Gasteiger partial charge in [-0.2, -0.15) is 0 Å². The Kier molecular flexibility index (Phi) is 4.37. The molecule has 2 atom stereocenters. The molecule has 0 amide bonds. The van der Waals surface area contributed by atoms with Crippen molar-refractivity contribution in [3.8, 4) is 0 Å². The first-order chi connectivity index (χ1) is 9.75. The highest BCUT2D eigenvalue weighted by atomic mass is 79.9. The van der Waals surface area contributed by atoms with E-state index in [2.05, 4.69) is 15.9 Å². The molecule has 3 rings (SSSR count). The van der Waals surface area contributed by atoms with Gasteiger partial charge in [-0.05, 0) is 42.7 Å². The summed E-state index contributed by atoms with van der Waals surface area (Å²) in [5, 5.41) is 1.70. The summed E-state index contributed by atoms with van der Waals surface area (Å²) in [4.78, 5) is 0.247. The quantitative estimate of drug-likeness (QED) is 0.681. The summed E-state index contributed by atoms with van der Waals surface area (Å²) in [5.74, 6) is -0.150. The molecule has 1 saturated heterocycles. The molecule has 1 aliphatic rings. The first-order valence-electron chi connectivity index (χ1n) is 7.18. The van der Waals surface area contributed by atoms with Crippen LogP contribution in [0.25, 0.3) is 10.8 Å². The molecule has 0 N–H and O–H groups in total. The number of benzene rings is 2. The van der Waals surface area contributed by atoms with Gasteiger partial charge in [0, 0.05) is 16.8 Å². The topological polar surface area (TPSA) is 9.23 Å². The van der Waals surface area contributed by atoms with E-state index in [-0.39, 0.29) is 10.6 Å². The van der Waals surface area contributed by atoms with Gasteiger partial charge in [-0.25, -0.2) is 4.39 Å². The van der Waals surface area contributed by atoms with Gasteiger partial charge in [0.05, 0.1) is 6.10 Å². The average Bonchev–Trinajstić information content (AvgIpc) is 2.99. The van der Waals surface area contributed by atoms with E-state index in [0.29, 0.717) is 11.5 Å². The third-order valence-electron chi connectivity index (χ3n) is 4.01. The van der Waals surface area contributed by atoms with Crippen molar-refractivity contribution in [1.82, 2.24) is 0 Å². The van der Waals surface area contributed by atoms with Crippen LogP contribution in [0.15, 0.2) is 36.4 Å². The highest BCUT2D eigenvalue weighted by molar-refractivity contribution is 9.09. The van der Waals surface area contributed by atoms with Crippen molar-refractivity contribution in [2.45, 2.75) is 36.6 Å². The predicted octanol–water partition coefficient (Wildman–Crippen LogP) is 5.37. The van der Waals surface area contributed by atoms with Crippen LogP contribution in [0.4, 0.5) is 4.39 Å². The zero-order valence-electron chi connectivity index (χ0n) is 11.3. The van der Waals surface area contributed by atoms with Crippen molar-refractivity contribution in [2.75, 3.05) is 6.61 Å². The van der Waals surface area contributed by atoms with Crippen LogP contribution < -0.4 is 0 Å². The average molecular weight is 337 g/mol. The Morgan fingerprint density at radius 2 is 2.00 bits per heavy atom. The fraction of sp³-hybridized carbons (Fsp3) is 0.412. The van der Waals surface area contributed by atoms with Crippen molar-refractivity contribution in [3.63, 3.8) is 0 Å². The predicted molar refractivity (Wildman–Crippen MR) is 83.8 cm³/mol. The third-order valence-corrected chi connectivity index (χ3v) is 4.96. The Hall–Kier alpha value is -0.930. The van der Waals surface area contributed by atoms with Gasteiger partial charge in [-0.3, -0.25) is 0 Å². The molecule has 0 radical (unpaired) electrons. The van der Waals surface area contributed by atoms with Crippen LogP contribution in [0.3, 0.4) is 0 Å². The molecule has 0 spiro atoms. The number of fused-ring (bicyclic) bond motifs is 1. The maximum Gasteiger partial charge on any atom is 0.131 e. The molecule has 1 heterocycles. The van der Waals surface area contributed by atoms with E-state index >= 15 is 0 Å². The van der Waals surface area contributed by atoms with Gasteiger partial charge < -0.3 is 4.74 Å². The van der Waals surface area contributed by atoms with E-state index < -0.39 is 0 Å². The van der Waals surface area contributed by atoms with Crippen LogP contribution in [0.2, 0.25) is 0 Å². The molecule has 1 aliphatic heterocycles. The SMILES string of the molecule is Fc1ccc(C(Br)CCC2CCCO2)c2ccccc12. The molecule has 1 nitrogen and oxygen atoms in total. The number of hydrogen-bond acceptors (Lipinski definition) is 1. The minimum absolute atomic E-state index is 0.150. The lowest BCUT2D eigenvalue weighted by atomic mass is 9.98.